The Morgan fingerprint density at radius 1 is 1.38 bits per heavy atom. The molecule has 1 aromatic carbocycles. The van der Waals surface area contributed by atoms with E-state index in [2.05, 4.69) is 18.0 Å². The monoisotopic (exact) mass is 372 g/mol. The summed E-state index contributed by atoms with van der Waals surface area (Å²) in [5.74, 6) is -0.767. The molecule has 3 atom stereocenters. The van der Waals surface area contributed by atoms with E-state index in [-0.39, 0.29) is 23.7 Å². The standard InChI is InChI=1S/C20H24N2O3S/c1-3-12-21-18(23)13(2)25-20(24)15-9-5-4-8-14(15)19-22-16-10-6-7-11-17(16)26-19/h3,6-7,10-11,13-15H,1,4-5,8-9,12H2,2H3,(H,21,23)/t13-,14+,15+/m1/s1. The Bertz CT molecular complexity index is 768. The molecule has 26 heavy (non-hydrogen) atoms. The number of carbonyl (C=O) groups excluding carboxylic acids is 2. The van der Waals surface area contributed by atoms with E-state index >= 15 is 0 Å². The van der Waals surface area contributed by atoms with E-state index in [0.717, 1.165) is 40.9 Å². The van der Waals surface area contributed by atoms with Crippen LogP contribution in [0.1, 0.15) is 43.5 Å². The van der Waals surface area contributed by atoms with Crippen LogP contribution in [0.5, 0.6) is 0 Å². The van der Waals surface area contributed by atoms with Crippen LogP contribution >= 0.6 is 11.3 Å². The minimum Gasteiger partial charge on any atom is -0.452 e. The van der Waals surface area contributed by atoms with Gasteiger partial charge in [0.2, 0.25) is 0 Å². The number of hydrogen-bond donors (Lipinski definition) is 1. The number of nitrogens with zero attached hydrogens (tertiary/aromatic N) is 1. The van der Waals surface area contributed by atoms with Crippen molar-refractivity contribution in [3.05, 3.63) is 41.9 Å². The molecule has 138 valence electrons. The van der Waals surface area contributed by atoms with Crippen LogP contribution in [-0.2, 0) is 14.3 Å². The molecule has 2 aromatic rings. The van der Waals surface area contributed by atoms with Crippen molar-refractivity contribution in [2.45, 2.75) is 44.6 Å². The summed E-state index contributed by atoms with van der Waals surface area (Å²) in [6, 6.07) is 8.03. The molecule has 1 amide bonds. The van der Waals surface area contributed by atoms with Crippen LogP contribution < -0.4 is 5.32 Å². The summed E-state index contributed by atoms with van der Waals surface area (Å²) in [6.45, 7) is 5.52. The first-order chi connectivity index (χ1) is 12.6. The van der Waals surface area contributed by atoms with Gasteiger partial charge in [-0.1, -0.05) is 31.1 Å². The minimum atomic E-state index is -0.805. The average Bonchev–Trinajstić information content (AvgIpc) is 3.10. The number of para-hydroxylation sites is 1. The predicted octanol–water partition coefficient (Wildman–Crippen LogP) is 3.80. The first kappa shape index (κ1) is 18.6. The van der Waals surface area contributed by atoms with Crippen LogP contribution in [0, 0.1) is 5.92 Å². The van der Waals surface area contributed by atoms with Gasteiger partial charge in [-0.25, -0.2) is 4.98 Å². The van der Waals surface area contributed by atoms with Crippen molar-refractivity contribution in [2.75, 3.05) is 6.54 Å². The molecule has 0 spiro atoms. The molecule has 5 nitrogen and oxygen atoms in total. The molecule has 1 heterocycles. The van der Waals surface area contributed by atoms with Gasteiger partial charge in [0.25, 0.3) is 5.91 Å². The molecule has 0 radical (unpaired) electrons. The molecule has 1 aliphatic rings. The fraction of sp³-hybridized carbons (Fsp3) is 0.450. The van der Waals surface area contributed by atoms with Crippen LogP contribution in [-0.4, -0.2) is 29.5 Å². The molecule has 0 aliphatic heterocycles. The smallest absolute Gasteiger partial charge is 0.310 e. The summed E-state index contributed by atoms with van der Waals surface area (Å²) in [5, 5.41) is 3.65. The highest BCUT2D eigenvalue weighted by molar-refractivity contribution is 7.18. The van der Waals surface area contributed by atoms with Crippen LogP contribution in [0.3, 0.4) is 0 Å². The van der Waals surface area contributed by atoms with Gasteiger partial charge in [0.05, 0.1) is 21.1 Å². The van der Waals surface area contributed by atoms with Crippen LogP contribution in [0.25, 0.3) is 10.2 Å². The third-order valence-corrected chi connectivity index (χ3v) is 5.95. The lowest BCUT2D eigenvalue weighted by Crippen LogP contribution is -2.38. The summed E-state index contributed by atoms with van der Waals surface area (Å²) >= 11 is 1.65. The van der Waals surface area contributed by atoms with E-state index in [9.17, 15) is 9.59 Å². The van der Waals surface area contributed by atoms with Gasteiger partial charge in [0.1, 0.15) is 0 Å². The Hall–Kier alpha value is -2.21. The van der Waals surface area contributed by atoms with Gasteiger partial charge in [-0.15, -0.1) is 17.9 Å². The molecule has 6 heteroatoms. The molecule has 1 aromatic heterocycles. The lowest BCUT2D eigenvalue weighted by Gasteiger charge is -2.29. The molecular formula is C20H24N2O3S. The van der Waals surface area contributed by atoms with Gasteiger partial charge in [0.15, 0.2) is 6.10 Å². The molecule has 1 aliphatic carbocycles. The second-order valence-electron chi connectivity index (χ2n) is 6.63. The number of aromatic nitrogens is 1. The van der Waals surface area contributed by atoms with Gasteiger partial charge in [-0.05, 0) is 31.9 Å². The zero-order chi connectivity index (χ0) is 18.5. The Kier molecular flexibility index (Phi) is 6.04. The first-order valence-electron chi connectivity index (χ1n) is 9.04. The maximum atomic E-state index is 12.7. The predicted molar refractivity (Wildman–Crippen MR) is 103 cm³/mol. The van der Waals surface area contributed by atoms with E-state index in [1.54, 1.807) is 24.3 Å². The maximum absolute atomic E-state index is 12.7. The van der Waals surface area contributed by atoms with E-state index in [4.69, 9.17) is 9.72 Å². The number of hydrogen-bond acceptors (Lipinski definition) is 5. The normalized spacial score (nSPS) is 21.1. The maximum Gasteiger partial charge on any atom is 0.310 e. The topological polar surface area (TPSA) is 68.3 Å². The van der Waals surface area contributed by atoms with Crippen molar-refractivity contribution < 1.29 is 14.3 Å². The second-order valence-corrected chi connectivity index (χ2v) is 7.69. The van der Waals surface area contributed by atoms with Crippen molar-refractivity contribution in [3.63, 3.8) is 0 Å². The third-order valence-electron chi connectivity index (χ3n) is 4.78. The Morgan fingerprint density at radius 3 is 2.92 bits per heavy atom. The molecule has 1 fully saturated rings. The van der Waals surface area contributed by atoms with Gasteiger partial charge < -0.3 is 10.1 Å². The summed E-state index contributed by atoms with van der Waals surface area (Å²) in [7, 11) is 0. The van der Waals surface area contributed by atoms with Crippen LogP contribution in [0.4, 0.5) is 0 Å². The average molecular weight is 372 g/mol. The van der Waals surface area contributed by atoms with Gasteiger partial charge >= 0.3 is 5.97 Å². The van der Waals surface area contributed by atoms with E-state index in [1.165, 1.54) is 0 Å². The molecule has 1 saturated carbocycles. The number of fused-ring (bicyclic) bond motifs is 1. The molecular weight excluding hydrogens is 348 g/mol. The van der Waals surface area contributed by atoms with Crippen molar-refractivity contribution in [3.8, 4) is 0 Å². The fourth-order valence-corrected chi connectivity index (χ4v) is 4.56. The Labute approximate surface area is 157 Å². The lowest BCUT2D eigenvalue weighted by molar-refractivity contribution is -0.160. The van der Waals surface area contributed by atoms with Gasteiger partial charge in [-0.2, -0.15) is 0 Å². The fourth-order valence-electron chi connectivity index (χ4n) is 3.39. The molecule has 0 bridgehead atoms. The summed E-state index contributed by atoms with van der Waals surface area (Å²) in [4.78, 5) is 29.4. The second kappa shape index (κ2) is 8.45. The highest BCUT2D eigenvalue weighted by Crippen LogP contribution is 2.41. The zero-order valence-electron chi connectivity index (χ0n) is 14.9. The van der Waals surface area contributed by atoms with Crippen LogP contribution in [0.15, 0.2) is 36.9 Å². The van der Waals surface area contributed by atoms with Crippen molar-refractivity contribution >= 4 is 33.4 Å². The number of thiazole rings is 1. The molecule has 0 saturated heterocycles. The van der Waals surface area contributed by atoms with Crippen LogP contribution in [0.2, 0.25) is 0 Å². The highest BCUT2D eigenvalue weighted by Gasteiger charge is 2.36. The van der Waals surface area contributed by atoms with Crippen molar-refractivity contribution in [2.24, 2.45) is 5.92 Å². The van der Waals surface area contributed by atoms with Crippen molar-refractivity contribution in [1.29, 1.82) is 0 Å². The Morgan fingerprint density at radius 2 is 2.15 bits per heavy atom. The van der Waals surface area contributed by atoms with Gasteiger partial charge in [0, 0.05) is 12.5 Å². The molecule has 0 unspecified atom stereocenters. The molecule has 3 rings (SSSR count). The quantitative estimate of drug-likeness (QED) is 0.618. The number of esters is 1. The largest absolute Gasteiger partial charge is 0.452 e. The number of nitrogens with one attached hydrogen (secondary N) is 1. The highest BCUT2D eigenvalue weighted by atomic mass is 32.1. The van der Waals surface area contributed by atoms with E-state index in [0.29, 0.717) is 6.54 Å². The number of ether oxygens (including phenoxy) is 1. The minimum absolute atomic E-state index is 0.0667. The SMILES string of the molecule is C=CCNC(=O)[C@@H](C)OC(=O)[C@H]1CCCC[C@@H]1c1nc2ccccc2s1. The first-order valence-corrected chi connectivity index (χ1v) is 9.86. The summed E-state index contributed by atoms with van der Waals surface area (Å²) in [6.07, 6.45) is 4.58. The number of carbonyl (C=O) groups is 2. The summed E-state index contributed by atoms with van der Waals surface area (Å²) in [5.41, 5.74) is 0.974. The number of amides is 1. The van der Waals surface area contributed by atoms with E-state index in [1.807, 2.05) is 18.2 Å². The zero-order valence-corrected chi connectivity index (χ0v) is 15.8. The third kappa shape index (κ3) is 4.12. The number of benzene rings is 1. The Balaban J connectivity index is 1.72. The number of rotatable bonds is 6. The lowest BCUT2D eigenvalue weighted by atomic mass is 9.79. The molecule has 1 N–H and O–H groups in total. The summed E-state index contributed by atoms with van der Waals surface area (Å²) < 4.78 is 6.60. The van der Waals surface area contributed by atoms with Crippen molar-refractivity contribution in [1.82, 2.24) is 10.3 Å². The van der Waals surface area contributed by atoms with Gasteiger partial charge in [-0.3, -0.25) is 9.59 Å². The van der Waals surface area contributed by atoms with E-state index < -0.39 is 6.10 Å².